The molecular weight excluding hydrogens is 286 g/mol. The highest BCUT2D eigenvalue weighted by Gasteiger charge is 2.17. The van der Waals surface area contributed by atoms with Gasteiger partial charge in [0.2, 0.25) is 0 Å². The normalized spacial score (nSPS) is 11.9. The molecule has 130 valence electrons. The Bertz CT molecular complexity index is 539. The van der Waals surface area contributed by atoms with E-state index in [4.69, 9.17) is 4.74 Å². The third-order valence-corrected chi connectivity index (χ3v) is 3.67. The van der Waals surface area contributed by atoms with Crippen LogP contribution in [0.3, 0.4) is 0 Å². The third-order valence-electron chi connectivity index (χ3n) is 3.67. The summed E-state index contributed by atoms with van der Waals surface area (Å²) in [5.74, 6) is 1.11. The molecule has 0 aliphatic rings. The van der Waals surface area contributed by atoms with Crippen LogP contribution in [0.25, 0.3) is 0 Å². The fourth-order valence-electron chi connectivity index (χ4n) is 2.66. The van der Waals surface area contributed by atoms with Gasteiger partial charge in [-0.25, -0.2) is 4.79 Å². The van der Waals surface area contributed by atoms with Crippen LogP contribution in [0, 0.1) is 12.8 Å². The molecule has 1 rings (SSSR count). The summed E-state index contributed by atoms with van der Waals surface area (Å²) in [5, 5.41) is 2.86. The molecule has 0 atom stereocenters. The van der Waals surface area contributed by atoms with E-state index in [1.165, 1.54) is 16.7 Å². The fraction of sp³-hybridized carbons (Fsp3) is 0.650. The number of amides is 1. The van der Waals surface area contributed by atoms with Crippen LogP contribution in [0.5, 0.6) is 0 Å². The van der Waals surface area contributed by atoms with Gasteiger partial charge >= 0.3 is 6.09 Å². The van der Waals surface area contributed by atoms with Crippen LogP contribution in [0.15, 0.2) is 12.1 Å². The van der Waals surface area contributed by atoms with Crippen molar-refractivity contribution < 1.29 is 9.53 Å². The molecule has 0 heterocycles. The van der Waals surface area contributed by atoms with Gasteiger partial charge in [0.15, 0.2) is 0 Å². The predicted octanol–water partition coefficient (Wildman–Crippen LogP) is 5.34. The summed E-state index contributed by atoms with van der Waals surface area (Å²) in [7, 11) is 0. The van der Waals surface area contributed by atoms with Gasteiger partial charge in [-0.05, 0) is 68.2 Å². The Labute approximate surface area is 141 Å². The first-order chi connectivity index (χ1) is 10.5. The van der Waals surface area contributed by atoms with Crippen LogP contribution in [0.1, 0.15) is 76.6 Å². The van der Waals surface area contributed by atoms with Crippen LogP contribution < -0.4 is 5.32 Å². The quantitative estimate of drug-likeness (QED) is 0.795. The Morgan fingerprint density at radius 3 is 2.22 bits per heavy atom. The number of hydrogen-bond donors (Lipinski definition) is 1. The van der Waals surface area contributed by atoms with Crippen LogP contribution in [0.2, 0.25) is 0 Å². The molecule has 0 aliphatic heterocycles. The summed E-state index contributed by atoms with van der Waals surface area (Å²) in [6, 6.07) is 4.52. The van der Waals surface area contributed by atoms with E-state index in [2.05, 4.69) is 52.1 Å². The molecule has 0 spiro atoms. The monoisotopic (exact) mass is 319 g/mol. The van der Waals surface area contributed by atoms with Crippen molar-refractivity contribution in [2.45, 2.75) is 79.9 Å². The van der Waals surface area contributed by atoms with Gasteiger partial charge in [-0.15, -0.1) is 0 Å². The van der Waals surface area contributed by atoms with E-state index in [9.17, 15) is 4.79 Å². The summed E-state index contributed by atoms with van der Waals surface area (Å²) in [5.41, 5.74) is 4.72. The number of benzene rings is 1. The van der Waals surface area contributed by atoms with Crippen molar-refractivity contribution in [1.29, 1.82) is 0 Å². The molecule has 0 radical (unpaired) electrons. The van der Waals surface area contributed by atoms with Crippen molar-refractivity contribution in [2.24, 2.45) is 5.92 Å². The zero-order valence-electron chi connectivity index (χ0n) is 16.0. The molecule has 0 unspecified atom stereocenters. The molecule has 1 N–H and O–H groups in total. The molecular formula is C20H33NO2. The molecule has 3 nitrogen and oxygen atoms in total. The van der Waals surface area contributed by atoms with Gasteiger partial charge in [-0.1, -0.05) is 39.8 Å². The van der Waals surface area contributed by atoms with Crippen molar-refractivity contribution in [3.05, 3.63) is 34.4 Å². The fourth-order valence-corrected chi connectivity index (χ4v) is 2.66. The summed E-state index contributed by atoms with van der Waals surface area (Å²) in [4.78, 5) is 11.8. The second-order valence-corrected chi connectivity index (χ2v) is 8.09. The second kappa shape index (κ2) is 7.85. The van der Waals surface area contributed by atoms with Crippen LogP contribution >= 0.6 is 0 Å². The molecule has 1 aromatic rings. The zero-order valence-corrected chi connectivity index (χ0v) is 16.0. The van der Waals surface area contributed by atoms with Crippen LogP contribution in [0.4, 0.5) is 4.79 Å². The maximum atomic E-state index is 11.8. The van der Waals surface area contributed by atoms with E-state index in [1.54, 1.807) is 0 Å². The van der Waals surface area contributed by atoms with E-state index in [1.807, 2.05) is 20.8 Å². The highest BCUT2D eigenvalue weighted by molar-refractivity contribution is 5.67. The first kappa shape index (κ1) is 19.5. The predicted molar refractivity (Wildman–Crippen MR) is 96.9 cm³/mol. The molecule has 1 aromatic carbocycles. The lowest BCUT2D eigenvalue weighted by Crippen LogP contribution is -2.32. The molecule has 0 saturated heterocycles. The van der Waals surface area contributed by atoms with Crippen molar-refractivity contribution >= 4 is 6.09 Å². The number of alkyl carbamates (subject to hydrolysis) is 1. The van der Waals surface area contributed by atoms with Gasteiger partial charge in [0.05, 0.1) is 0 Å². The average Bonchev–Trinajstić information content (AvgIpc) is 2.34. The molecule has 0 bridgehead atoms. The minimum Gasteiger partial charge on any atom is -0.444 e. The molecule has 23 heavy (non-hydrogen) atoms. The molecule has 3 heteroatoms. The van der Waals surface area contributed by atoms with E-state index in [-0.39, 0.29) is 6.09 Å². The van der Waals surface area contributed by atoms with Gasteiger partial charge in [0, 0.05) is 6.54 Å². The lowest BCUT2D eigenvalue weighted by atomic mass is 9.88. The number of carbonyl (C=O) groups is 1. The largest absolute Gasteiger partial charge is 0.444 e. The number of rotatable bonds is 5. The molecule has 0 saturated carbocycles. The summed E-state index contributed by atoms with van der Waals surface area (Å²) in [6.07, 6.45) is 0.725. The highest BCUT2D eigenvalue weighted by Crippen LogP contribution is 2.26. The summed E-state index contributed by atoms with van der Waals surface area (Å²) < 4.78 is 5.30. The van der Waals surface area contributed by atoms with Gasteiger partial charge < -0.3 is 10.1 Å². The van der Waals surface area contributed by atoms with Gasteiger partial charge in [-0.2, -0.15) is 0 Å². The highest BCUT2D eigenvalue weighted by atomic mass is 16.6. The molecule has 0 aromatic heterocycles. The van der Waals surface area contributed by atoms with Gasteiger partial charge in [-0.3, -0.25) is 0 Å². The second-order valence-electron chi connectivity index (χ2n) is 8.09. The van der Waals surface area contributed by atoms with Gasteiger partial charge in [0.25, 0.3) is 0 Å². The Morgan fingerprint density at radius 2 is 1.74 bits per heavy atom. The Kier molecular flexibility index (Phi) is 6.67. The first-order valence-electron chi connectivity index (χ1n) is 8.58. The SMILES string of the molecule is Cc1cc(CC(C)C)c(C(C)C)cc1CNC(=O)OC(C)(C)C. The number of hydrogen-bond acceptors (Lipinski definition) is 2. The van der Waals surface area contributed by atoms with E-state index in [0.29, 0.717) is 18.4 Å². The van der Waals surface area contributed by atoms with Crippen molar-refractivity contribution in [1.82, 2.24) is 5.32 Å². The molecule has 0 fully saturated rings. The number of aryl methyl sites for hydroxylation is 1. The van der Waals surface area contributed by atoms with Crippen molar-refractivity contribution in [3.8, 4) is 0 Å². The summed E-state index contributed by atoms with van der Waals surface area (Å²) in [6.45, 7) is 17.2. The maximum Gasteiger partial charge on any atom is 0.407 e. The number of ether oxygens (including phenoxy) is 1. The van der Waals surface area contributed by atoms with E-state index in [0.717, 1.165) is 12.0 Å². The Hall–Kier alpha value is -1.51. The third kappa shape index (κ3) is 6.64. The average molecular weight is 319 g/mol. The molecule has 0 aliphatic carbocycles. The van der Waals surface area contributed by atoms with Crippen molar-refractivity contribution in [2.75, 3.05) is 0 Å². The van der Waals surface area contributed by atoms with Crippen LogP contribution in [-0.2, 0) is 17.7 Å². The topological polar surface area (TPSA) is 38.3 Å². The lowest BCUT2D eigenvalue weighted by Gasteiger charge is -2.21. The van der Waals surface area contributed by atoms with Crippen molar-refractivity contribution in [3.63, 3.8) is 0 Å². The summed E-state index contributed by atoms with van der Waals surface area (Å²) >= 11 is 0. The Morgan fingerprint density at radius 1 is 1.13 bits per heavy atom. The van der Waals surface area contributed by atoms with Gasteiger partial charge in [0.1, 0.15) is 5.60 Å². The molecule has 1 amide bonds. The van der Waals surface area contributed by atoms with E-state index >= 15 is 0 Å². The standard InChI is InChI=1S/C20H33NO2/c1-13(2)9-16-10-15(5)17(11-18(16)14(3)4)12-21-19(22)23-20(6,7)8/h10-11,13-14H,9,12H2,1-8H3,(H,21,22). The van der Waals surface area contributed by atoms with E-state index < -0.39 is 5.60 Å². The minimum atomic E-state index is -0.469. The Balaban J connectivity index is 2.91. The lowest BCUT2D eigenvalue weighted by molar-refractivity contribution is 0.0523. The first-order valence-corrected chi connectivity index (χ1v) is 8.58. The van der Waals surface area contributed by atoms with Crippen LogP contribution in [-0.4, -0.2) is 11.7 Å². The number of carbonyl (C=O) groups excluding carboxylic acids is 1. The smallest absolute Gasteiger partial charge is 0.407 e. The zero-order chi connectivity index (χ0) is 17.8. The maximum absolute atomic E-state index is 11.8. The minimum absolute atomic E-state index is 0.366. The number of nitrogens with one attached hydrogen (secondary N) is 1.